The van der Waals surface area contributed by atoms with Gasteiger partial charge in [-0.2, -0.15) is 0 Å². The number of carbonyl (C=O) groups is 3. The first-order chi connectivity index (χ1) is 38.1. The molecule has 2 aromatic carbocycles. The normalized spacial score (nSPS) is 40.5. The number of phenolic OH excluding ortho intramolecular Hbond substituents is 2. The highest BCUT2D eigenvalue weighted by atomic mass is 16.7. The number of hydrogen-bond acceptors (Lipinski definition) is 25. The first kappa shape index (κ1) is 63.2. The molecule has 25 heteroatoms. The van der Waals surface area contributed by atoms with Crippen molar-refractivity contribution in [3.8, 4) is 17.2 Å². The van der Waals surface area contributed by atoms with E-state index in [2.05, 4.69) is 0 Å². The Hall–Kier alpha value is -3.81. The Morgan fingerprint density at radius 3 is 1.79 bits per heavy atom. The summed E-state index contributed by atoms with van der Waals surface area (Å²) in [5.41, 5.74) is -1.50. The van der Waals surface area contributed by atoms with Gasteiger partial charge < -0.3 is 108 Å². The summed E-state index contributed by atoms with van der Waals surface area (Å²) in [7, 11) is 1.18. The standard InChI is InChI=1S/C56H82O25/c1-11-12-36(59)80-52-26(7)74-37(16-31(52)58)77-33-17-38(71-23(4)46(33)62)76-32-15-29-13-28-14-30(53(70-10)51(67)45(61)22(3)57)54(50(66)43(28)49(65)42(29)44(60)21(32)2)81-40-19-34(47(63)25(6)73-40)78-39-18-35(48(64)24(5)72-39)79-41-20-56(9,69)55(68)27(8)75-41/h13,15,22-27,30-31,33-35,37-41,45-48,52-55,57-58,60-65,68-69H,11-12,14,16-20H2,1-10H3/t22-,23?,24?,25?,26?,27?,30+,31-,33-,34-,35-,37+,38+,39+,40+,41+,45+,46-,47-,48+,52-,53+,54+,55-,56+/m1/s1. The molecule has 0 radical (unpaired) electrons. The van der Waals surface area contributed by atoms with E-state index >= 15 is 4.79 Å². The molecule has 5 heterocycles. The molecule has 8 rings (SSSR count). The summed E-state index contributed by atoms with van der Waals surface area (Å²) in [4.78, 5) is 41.2. The smallest absolute Gasteiger partial charge is 0.306 e. The van der Waals surface area contributed by atoms with Crippen molar-refractivity contribution in [2.45, 2.75) is 261 Å². The number of Topliss-reactive ketones (excluding diaryl/α,β-unsaturated/α-hetero) is 2. The van der Waals surface area contributed by atoms with Gasteiger partial charge in [0.05, 0.1) is 77.6 Å². The summed E-state index contributed by atoms with van der Waals surface area (Å²) < 4.78 is 72.5. The summed E-state index contributed by atoms with van der Waals surface area (Å²) >= 11 is 0. The summed E-state index contributed by atoms with van der Waals surface area (Å²) in [6.45, 7) is 14.0. The lowest BCUT2D eigenvalue weighted by molar-refractivity contribution is -0.334. The molecule has 1 aliphatic carbocycles. The van der Waals surface area contributed by atoms with Crippen LogP contribution in [0.2, 0.25) is 0 Å². The highest BCUT2D eigenvalue weighted by Gasteiger charge is 2.52. The third-order valence-corrected chi connectivity index (χ3v) is 16.6. The molecule has 6 aliphatic rings. The van der Waals surface area contributed by atoms with Crippen LogP contribution in [0.1, 0.15) is 122 Å². The van der Waals surface area contributed by atoms with E-state index in [-0.39, 0.29) is 78.2 Å². The minimum absolute atomic E-state index is 0.0579. The lowest BCUT2D eigenvalue weighted by Gasteiger charge is -2.46. The zero-order chi connectivity index (χ0) is 59.3. The van der Waals surface area contributed by atoms with Crippen molar-refractivity contribution in [1.82, 2.24) is 0 Å². The van der Waals surface area contributed by atoms with Gasteiger partial charge in [-0.1, -0.05) is 6.92 Å². The van der Waals surface area contributed by atoms with Crippen molar-refractivity contribution in [1.29, 1.82) is 0 Å². The maximum absolute atomic E-state index is 15.1. The molecule has 0 amide bonds. The second-order valence-electron chi connectivity index (χ2n) is 22.9. The number of aliphatic hydroxyl groups is 8. The predicted octanol–water partition coefficient (Wildman–Crippen LogP) is 1.10. The second-order valence-corrected chi connectivity index (χ2v) is 22.9. The van der Waals surface area contributed by atoms with Gasteiger partial charge in [0.25, 0.3) is 0 Å². The number of fused-ring (bicyclic) bond motifs is 2. The number of hydrogen-bond donors (Lipinski definition) is 10. The molecule has 10 N–H and O–H groups in total. The van der Waals surface area contributed by atoms with Gasteiger partial charge in [-0.25, -0.2) is 0 Å². The monoisotopic (exact) mass is 1150 g/mol. The maximum Gasteiger partial charge on any atom is 0.306 e. The third-order valence-electron chi connectivity index (χ3n) is 16.6. The minimum atomic E-state index is -1.96. The number of esters is 1. The third kappa shape index (κ3) is 13.5. The SMILES string of the molecule is CCCC(=O)O[C@@H]1C(C)O[C@@H](O[C@@H]2C[C@H](Oc3cc4cc5c(c(O)c4c(O)c3C)C(=O)[C@@H](O[C@H]3C[C@@H](O[C@H]4C[C@@H](O[C@H]6C[C@](C)(O)[C@H](O)C(C)O6)[C@@H](O)C(C)O4)[C@H](O)C(C)O3)[C@H]([C@H](OC)C(=O)[C@@H](O)[C@@H](C)O)C5)OC(C)[C@H]2O)C[C@H]1O. The van der Waals surface area contributed by atoms with Crippen LogP contribution in [-0.4, -0.2) is 223 Å². The Balaban J connectivity index is 1.02. The van der Waals surface area contributed by atoms with Crippen LogP contribution in [0.3, 0.4) is 0 Å². The summed E-state index contributed by atoms with van der Waals surface area (Å²) in [5.74, 6) is -4.58. The molecule has 456 valence electrons. The van der Waals surface area contributed by atoms with Gasteiger partial charge in [-0.3, -0.25) is 14.4 Å². The molecule has 5 saturated heterocycles. The number of phenols is 2. The van der Waals surface area contributed by atoms with Crippen LogP contribution in [0.15, 0.2) is 12.1 Å². The maximum atomic E-state index is 15.1. The Kier molecular flexibility index (Phi) is 20.1. The molecule has 0 saturated carbocycles. The van der Waals surface area contributed by atoms with Crippen LogP contribution in [0.5, 0.6) is 17.2 Å². The second kappa shape index (κ2) is 25.8. The molecular weight excluding hydrogens is 1070 g/mol. The van der Waals surface area contributed by atoms with Crippen molar-refractivity contribution < 1.29 is 122 Å². The van der Waals surface area contributed by atoms with E-state index in [1.807, 2.05) is 6.92 Å². The van der Waals surface area contributed by atoms with Crippen LogP contribution in [0.4, 0.5) is 0 Å². The molecule has 0 spiro atoms. The Labute approximate surface area is 469 Å². The van der Waals surface area contributed by atoms with Crippen molar-refractivity contribution in [2.75, 3.05) is 7.11 Å². The Morgan fingerprint density at radius 2 is 1.25 bits per heavy atom. The molecule has 5 fully saturated rings. The molecule has 25 nitrogen and oxygen atoms in total. The van der Waals surface area contributed by atoms with Gasteiger partial charge in [0.15, 0.2) is 42.8 Å². The van der Waals surface area contributed by atoms with Crippen LogP contribution < -0.4 is 4.74 Å². The summed E-state index contributed by atoms with van der Waals surface area (Å²) in [6, 6.07) is 3.03. The highest BCUT2D eigenvalue weighted by Crippen LogP contribution is 2.48. The average molecular weight is 1160 g/mol. The minimum Gasteiger partial charge on any atom is -0.507 e. The van der Waals surface area contributed by atoms with E-state index < -0.39 is 182 Å². The Morgan fingerprint density at radius 1 is 0.728 bits per heavy atom. The van der Waals surface area contributed by atoms with E-state index in [0.717, 1.165) is 0 Å². The molecule has 0 aromatic heterocycles. The predicted molar refractivity (Wildman–Crippen MR) is 277 cm³/mol. The van der Waals surface area contributed by atoms with Gasteiger partial charge >= 0.3 is 5.97 Å². The van der Waals surface area contributed by atoms with Crippen molar-refractivity contribution in [2.24, 2.45) is 5.92 Å². The summed E-state index contributed by atoms with van der Waals surface area (Å²) in [6.07, 6.45) is -26.4. The van der Waals surface area contributed by atoms with E-state index in [0.29, 0.717) is 6.42 Å². The van der Waals surface area contributed by atoms with Crippen LogP contribution in [0.25, 0.3) is 10.8 Å². The summed E-state index contributed by atoms with van der Waals surface area (Å²) in [5, 5.41) is 111. The first-order valence-electron chi connectivity index (χ1n) is 28.0. The van der Waals surface area contributed by atoms with Crippen LogP contribution in [0, 0.1) is 12.8 Å². The fraction of sp³-hybridized carbons (Fsp3) is 0.768. The van der Waals surface area contributed by atoms with Gasteiger partial charge in [-0.05, 0) is 91.3 Å². The molecule has 25 atom stereocenters. The molecule has 2 aromatic rings. The van der Waals surface area contributed by atoms with Crippen LogP contribution >= 0.6 is 0 Å². The fourth-order valence-corrected chi connectivity index (χ4v) is 11.9. The number of aromatic hydroxyl groups is 2. The van der Waals surface area contributed by atoms with Gasteiger partial charge in [-0.15, -0.1) is 0 Å². The van der Waals surface area contributed by atoms with Crippen LogP contribution in [-0.2, 0) is 68.1 Å². The van der Waals surface area contributed by atoms with Crippen molar-refractivity contribution in [3.05, 3.63) is 28.8 Å². The topological polar surface area (TPSA) is 364 Å². The fourth-order valence-electron chi connectivity index (χ4n) is 11.9. The highest BCUT2D eigenvalue weighted by molar-refractivity contribution is 6.11. The quantitative estimate of drug-likeness (QED) is 0.0934. The molecule has 5 unspecified atom stereocenters. The molecule has 0 bridgehead atoms. The first-order valence-corrected chi connectivity index (χ1v) is 28.0. The van der Waals surface area contributed by atoms with E-state index in [4.69, 9.17) is 56.8 Å². The average Bonchev–Trinajstić information content (AvgIpc) is 3.60. The molecular formula is C56H82O25. The van der Waals surface area contributed by atoms with Crippen molar-refractivity contribution >= 4 is 28.3 Å². The van der Waals surface area contributed by atoms with Crippen molar-refractivity contribution in [3.63, 3.8) is 0 Å². The number of ketones is 2. The van der Waals surface area contributed by atoms with E-state index in [1.165, 1.54) is 46.9 Å². The molecule has 5 aliphatic heterocycles. The number of methoxy groups -OCH3 is 1. The zero-order valence-electron chi connectivity index (χ0n) is 47.3. The Bertz CT molecular complexity index is 2510. The lowest BCUT2D eigenvalue weighted by atomic mass is 9.75. The number of carbonyl (C=O) groups excluding carboxylic acids is 3. The number of rotatable bonds is 18. The van der Waals surface area contributed by atoms with Gasteiger partial charge in [0.2, 0.25) is 6.29 Å². The van der Waals surface area contributed by atoms with E-state index in [9.17, 15) is 60.7 Å². The number of benzene rings is 2. The van der Waals surface area contributed by atoms with E-state index in [1.54, 1.807) is 27.7 Å². The van der Waals surface area contributed by atoms with Gasteiger partial charge in [0.1, 0.15) is 60.0 Å². The van der Waals surface area contributed by atoms with Gasteiger partial charge in [0, 0.05) is 57.1 Å². The number of aliphatic hydroxyl groups excluding tert-OH is 7. The number of ether oxygens (including phenoxy) is 12. The lowest BCUT2D eigenvalue weighted by Crippen LogP contribution is -2.58. The zero-order valence-corrected chi connectivity index (χ0v) is 47.3. The largest absolute Gasteiger partial charge is 0.507 e. The molecule has 81 heavy (non-hydrogen) atoms.